The van der Waals surface area contributed by atoms with E-state index in [0.717, 1.165) is 0 Å². The van der Waals surface area contributed by atoms with E-state index in [2.05, 4.69) is 4.98 Å². The number of pyridine rings is 1. The zero-order valence-corrected chi connectivity index (χ0v) is 21.5. The number of fused-ring (bicyclic) bond motifs is 5. The molecule has 200 valence electrons. The number of hydrogen-bond acceptors (Lipinski definition) is 9. The summed E-state index contributed by atoms with van der Waals surface area (Å²) in [6, 6.07) is 12.5. The summed E-state index contributed by atoms with van der Waals surface area (Å²) in [4.78, 5) is 28.8. The molecule has 0 spiro atoms. The molecule has 3 heterocycles. The van der Waals surface area contributed by atoms with Gasteiger partial charge in [0.1, 0.15) is 34.5 Å². The van der Waals surface area contributed by atoms with Crippen LogP contribution < -0.4 is 30.0 Å². The summed E-state index contributed by atoms with van der Waals surface area (Å²) in [5, 5.41) is 22.9. The van der Waals surface area contributed by atoms with Crippen molar-refractivity contribution >= 4 is 32.8 Å². The molecule has 0 aliphatic carbocycles. The van der Waals surface area contributed by atoms with Crippen molar-refractivity contribution in [2.75, 3.05) is 14.2 Å². The monoisotopic (exact) mass is 531 g/mol. The highest BCUT2D eigenvalue weighted by Crippen LogP contribution is 2.47. The standard InChI is InChI=1S/C29H25NO9/c1-29(2)28(34)27(22-18(39-29)8-5-13-6-10-20(32)37-25(13)22)38-26-19(36-4)9-7-15-23(26)30-16-11-14(35-3)12-17(31)21(16)24(15)33/h5-12,27-28,31,34H,1-4H3,(H,30,33)/t27-,28-/m1/s1. The Morgan fingerprint density at radius 3 is 2.51 bits per heavy atom. The minimum absolute atomic E-state index is 0.0877. The van der Waals surface area contributed by atoms with Gasteiger partial charge in [0.2, 0.25) is 5.43 Å². The molecule has 5 aromatic rings. The first-order chi connectivity index (χ1) is 18.6. The molecule has 10 nitrogen and oxygen atoms in total. The molecule has 0 unspecified atom stereocenters. The number of nitrogens with one attached hydrogen (secondary N) is 1. The minimum Gasteiger partial charge on any atom is -0.507 e. The molecule has 0 fully saturated rings. The Hall–Kier alpha value is -4.70. The van der Waals surface area contributed by atoms with Crippen LogP contribution in [0, 0.1) is 0 Å². The fourth-order valence-electron chi connectivity index (χ4n) is 5.09. The number of aliphatic hydroxyl groups is 1. The Bertz CT molecular complexity index is 1900. The van der Waals surface area contributed by atoms with Gasteiger partial charge in [-0.05, 0) is 44.2 Å². The Morgan fingerprint density at radius 1 is 1.00 bits per heavy atom. The van der Waals surface area contributed by atoms with Crippen LogP contribution in [-0.4, -0.2) is 41.1 Å². The van der Waals surface area contributed by atoms with Crippen LogP contribution in [0.25, 0.3) is 32.8 Å². The van der Waals surface area contributed by atoms with Crippen LogP contribution in [0.2, 0.25) is 0 Å². The maximum absolute atomic E-state index is 13.5. The van der Waals surface area contributed by atoms with Crippen LogP contribution >= 0.6 is 0 Å². The van der Waals surface area contributed by atoms with E-state index in [4.69, 9.17) is 23.4 Å². The lowest BCUT2D eigenvalue weighted by Gasteiger charge is -2.41. The lowest BCUT2D eigenvalue weighted by Crippen LogP contribution is -2.50. The van der Waals surface area contributed by atoms with Gasteiger partial charge >= 0.3 is 5.63 Å². The molecule has 2 aromatic heterocycles. The number of aliphatic hydroxyl groups excluding tert-OH is 1. The Morgan fingerprint density at radius 2 is 1.77 bits per heavy atom. The molecule has 1 aliphatic heterocycles. The number of H-pyrrole nitrogens is 1. The van der Waals surface area contributed by atoms with Crippen LogP contribution in [0.1, 0.15) is 25.5 Å². The average Bonchev–Trinajstić information content (AvgIpc) is 2.90. The second kappa shape index (κ2) is 8.67. The van der Waals surface area contributed by atoms with Crippen molar-refractivity contribution in [3.05, 3.63) is 74.7 Å². The fourth-order valence-corrected chi connectivity index (χ4v) is 5.09. The lowest BCUT2D eigenvalue weighted by atomic mass is 9.87. The average molecular weight is 532 g/mol. The second-order valence-electron chi connectivity index (χ2n) is 9.88. The molecular weight excluding hydrogens is 506 g/mol. The van der Waals surface area contributed by atoms with Crippen LogP contribution in [0.5, 0.6) is 28.7 Å². The van der Waals surface area contributed by atoms with Crippen molar-refractivity contribution in [2.45, 2.75) is 31.7 Å². The van der Waals surface area contributed by atoms with E-state index in [1.54, 1.807) is 50.2 Å². The predicted octanol–water partition coefficient (Wildman–Crippen LogP) is 4.16. The first-order valence-corrected chi connectivity index (χ1v) is 12.2. The zero-order valence-electron chi connectivity index (χ0n) is 21.5. The summed E-state index contributed by atoms with van der Waals surface area (Å²) in [6.07, 6.45) is -2.31. The lowest BCUT2D eigenvalue weighted by molar-refractivity contribution is -0.102. The SMILES string of the molecule is COc1cc(O)c2c(=O)c3ccc(OC)c(O[C@@H]4c5c(ccc6ccc(=O)oc56)OC(C)(C)[C@@H]4O)c3[nH]c2c1. The van der Waals surface area contributed by atoms with Crippen molar-refractivity contribution in [2.24, 2.45) is 0 Å². The number of phenolic OH excluding ortho intramolecular Hbond substituents is 1. The number of aromatic hydroxyl groups is 1. The van der Waals surface area contributed by atoms with E-state index in [0.29, 0.717) is 28.0 Å². The summed E-state index contributed by atoms with van der Waals surface area (Å²) in [5.41, 5.74) is -0.938. The van der Waals surface area contributed by atoms with Gasteiger partial charge in [-0.1, -0.05) is 0 Å². The Kier molecular flexibility index (Phi) is 5.47. The highest BCUT2D eigenvalue weighted by molar-refractivity contribution is 5.99. The molecule has 10 heteroatoms. The fraction of sp³-hybridized carbons (Fsp3) is 0.241. The van der Waals surface area contributed by atoms with E-state index in [9.17, 15) is 19.8 Å². The third-order valence-corrected chi connectivity index (χ3v) is 7.09. The highest BCUT2D eigenvalue weighted by Gasteiger charge is 2.46. The maximum Gasteiger partial charge on any atom is 0.336 e. The van der Waals surface area contributed by atoms with E-state index in [1.165, 1.54) is 26.4 Å². The van der Waals surface area contributed by atoms with Gasteiger partial charge in [0, 0.05) is 23.6 Å². The van der Waals surface area contributed by atoms with Crippen LogP contribution in [0.4, 0.5) is 0 Å². The van der Waals surface area contributed by atoms with Gasteiger partial charge in [0.05, 0.1) is 41.6 Å². The number of ether oxygens (including phenoxy) is 4. The molecule has 3 N–H and O–H groups in total. The summed E-state index contributed by atoms with van der Waals surface area (Å²) in [6.45, 7) is 3.43. The van der Waals surface area contributed by atoms with Crippen molar-refractivity contribution < 1.29 is 33.6 Å². The Balaban J connectivity index is 1.64. The van der Waals surface area contributed by atoms with Crippen LogP contribution in [0.3, 0.4) is 0 Å². The third kappa shape index (κ3) is 3.75. The number of aromatic amines is 1. The Labute approximate surface area is 220 Å². The minimum atomic E-state index is -1.22. The predicted molar refractivity (Wildman–Crippen MR) is 143 cm³/mol. The molecule has 3 aromatic carbocycles. The summed E-state index contributed by atoms with van der Waals surface area (Å²) in [5.74, 6) is 0.911. The second-order valence-corrected chi connectivity index (χ2v) is 9.88. The van der Waals surface area contributed by atoms with Crippen LogP contribution in [-0.2, 0) is 0 Å². The first kappa shape index (κ1) is 24.6. The van der Waals surface area contributed by atoms with Gasteiger partial charge in [-0.3, -0.25) is 4.79 Å². The molecule has 0 saturated carbocycles. The summed E-state index contributed by atoms with van der Waals surface area (Å²) < 4.78 is 29.0. The van der Waals surface area contributed by atoms with Gasteiger partial charge in [0.25, 0.3) is 0 Å². The summed E-state index contributed by atoms with van der Waals surface area (Å²) >= 11 is 0. The van der Waals surface area contributed by atoms with E-state index < -0.39 is 28.9 Å². The molecule has 1 aliphatic rings. The molecule has 2 atom stereocenters. The molecule has 0 bridgehead atoms. The van der Waals surface area contributed by atoms with Gasteiger partial charge in [0.15, 0.2) is 17.6 Å². The van der Waals surface area contributed by atoms with E-state index in [-0.39, 0.29) is 39.1 Å². The van der Waals surface area contributed by atoms with Gasteiger partial charge in [-0.25, -0.2) is 4.79 Å². The van der Waals surface area contributed by atoms with E-state index in [1.807, 2.05) is 0 Å². The largest absolute Gasteiger partial charge is 0.507 e. The number of rotatable bonds is 4. The third-order valence-electron chi connectivity index (χ3n) is 7.09. The van der Waals surface area contributed by atoms with Gasteiger partial charge < -0.3 is 38.6 Å². The number of phenols is 1. The van der Waals surface area contributed by atoms with Gasteiger partial charge in [-0.2, -0.15) is 0 Å². The normalized spacial score (nSPS) is 18.1. The molecular formula is C29H25NO9. The smallest absolute Gasteiger partial charge is 0.336 e. The topological polar surface area (TPSA) is 140 Å². The summed E-state index contributed by atoms with van der Waals surface area (Å²) in [7, 11) is 2.90. The first-order valence-electron chi connectivity index (χ1n) is 12.2. The maximum atomic E-state index is 13.5. The zero-order chi connectivity index (χ0) is 27.6. The molecule has 39 heavy (non-hydrogen) atoms. The molecule has 0 amide bonds. The van der Waals surface area contributed by atoms with Gasteiger partial charge in [-0.15, -0.1) is 0 Å². The number of aromatic nitrogens is 1. The van der Waals surface area contributed by atoms with Crippen LogP contribution in [0.15, 0.2) is 62.5 Å². The molecule has 0 radical (unpaired) electrons. The van der Waals surface area contributed by atoms with Crippen molar-refractivity contribution in [3.8, 4) is 28.7 Å². The number of methoxy groups -OCH3 is 2. The highest BCUT2D eigenvalue weighted by atomic mass is 16.6. The quantitative estimate of drug-likeness (QED) is 0.230. The van der Waals surface area contributed by atoms with E-state index >= 15 is 0 Å². The van der Waals surface area contributed by atoms with Crippen molar-refractivity contribution in [1.82, 2.24) is 4.98 Å². The molecule has 0 saturated heterocycles. The molecule has 6 rings (SSSR count). The number of hydrogen-bond donors (Lipinski definition) is 3. The van der Waals surface area contributed by atoms with Crippen molar-refractivity contribution in [1.29, 1.82) is 0 Å². The number of benzene rings is 3. The van der Waals surface area contributed by atoms with Crippen molar-refractivity contribution in [3.63, 3.8) is 0 Å².